The van der Waals surface area contributed by atoms with Gasteiger partial charge in [-0.1, -0.05) is 45.1 Å². The van der Waals surface area contributed by atoms with E-state index in [2.05, 4.69) is 37.9 Å². The quantitative estimate of drug-likeness (QED) is 0.810. The van der Waals surface area contributed by atoms with Crippen molar-refractivity contribution in [2.75, 3.05) is 14.2 Å². The minimum atomic E-state index is -0.0462. The SMILES string of the molecule is COC1=NC(c2ccc(OC)cc2)C=C(C(C)(C)C)C=C1. The van der Waals surface area contributed by atoms with Crippen LogP contribution in [-0.4, -0.2) is 20.1 Å². The molecule has 3 heteroatoms. The molecular weight excluding hydrogens is 262 g/mol. The lowest BCUT2D eigenvalue weighted by molar-refractivity contribution is 0.403. The number of ether oxygens (including phenoxy) is 2. The van der Waals surface area contributed by atoms with Crippen molar-refractivity contribution >= 4 is 5.90 Å². The smallest absolute Gasteiger partial charge is 0.209 e. The maximum Gasteiger partial charge on any atom is 0.209 e. The zero-order valence-electron chi connectivity index (χ0n) is 13.4. The number of allylic oxidation sites excluding steroid dienone is 2. The standard InChI is InChI=1S/C18H23NO2/c1-18(2,3)14-8-11-17(21-5)19-16(12-14)13-6-9-15(20-4)10-7-13/h6-12,16H,1-5H3. The Morgan fingerprint density at radius 3 is 2.14 bits per heavy atom. The van der Waals surface area contributed by atoms with E-state index in [4.69, 9.17) is 9.47 Å². The van der Waals surface area contributed by atoms with E-state index in [9.17, 15) is 0 Å². The van der Waals surface area contributed by atoms with Crippen LogP contribution < -0.4 is 4.74 Å². The molecule has 0 radical (unpaired) electrons. The first-order chi connectivity index (χ1) is 9.94. The molecule has 0 aliphatic carbocycles. The van der Waals surface area contributed by atoms with Gasteiger partial charge in [0.15, 0.2) is 0 Å². The molecule has 2 rings (SSSR count). The molecule has 0 spiro atoms. The minimum absolute atomic E-state index is 0.0462. The fourth-order valence-corrected chi connectivity index (χ4v) is 2.20. The van der Waals surface area contributed by atoms with Crippen LogP contribution in [0.4, 0.5) is 0 Å². The fraction of sp³-hybridized carbons (Fsp3) is 0.389. The molecule has 0 bridgehead atoms. The first-order valence-electron chi connectivity index (χ1n) is 7.10. The highest BCUT2D eigenvalue weighted by Gasteiger charge is 2.20. The van der Waals surface area contributed by atoms with Gasteiger partial charge in [-0.05, 0) is 28.7 Å². The monoisotopic (exact) mass is 285 g/mol. The molecule has 21 heavy (non-hydrogen) atoms. The van der Waals surface area contributed by atoms with Crippen molar-refractivity contribution in [3.05, 3.63) is 53.6 Å². The third-order valence-corrected chi connectivity index (χ3v) is 3.54. The van der Waals surface area contributed by atoms with Gasteiger partial charge in [0, 0.05) is 6.08 Å². The summed E-state index contributed by atoms with van der Waals surface area (Å²) in [6.07, 6.45) is 6.22. The van der Waals surface area contributed by atoms with Crippen molar-refractivity contribution < 1.29 is 9.47 Å². The highest BCUT2D eigenvalue weighted by molar-refractivity contribution is 5.88. The predicted octanol–water partition coefficient (Wildman–Crippen LogP) is 4.32. The van der Waals surface area contributed by atoms with Gasteiger partial charge in [-0.3, -0.25) is 0 Å². The lowest BCUT2D eigenvalue weighted by Crippen LogP contribution is -2.08. The van der Waals surface area contributed by atoms with Gasteiger partial charge in [-0.25, -0.2) is 4.99 Å². The molecule has 1 atom stereocenters. The third-order valence-electron chi connectivity index (χ3n) is 3.54. The van der Waals surface area contributed by atoms with Crippen LogP contribution in [0.2, 0.25) is 0 Å². The minimum Gasteiger partial charge on any atom is -0.497 e. The summed E-state index contributed by atoms with van der Waals surface area (Å²) in [5.74, 6) is 1.49. The van der Waals surface area contributed by atoms with Crippen LogP contribution in [0, 0.1) is 5.41 Å². The Balaban J connectivity index is 2.41. The van der Waals surface area contributed by atoms with E-state index in [1.807, 2.05) is 30.3 Å². The Morgan fingerprint density at radius 1 is 0.952 bits per heavy atom. The molecule has 1 aromatic carbocycles. The van der Waals surface area contributed by atoms with E-state index < -0.39 is 0 Å². The van der Waals surface area contributed by atoms with Crippen molar-refractivity contribution in [1.29, 1.82) is 0 Å². The normalized spacial score (nSPS) is 18.6. The number of methoxy groups -OCH3 is 2. The zero-order valence-corrected chi connectivity index (χ0v) is 13.4. The number of hydrogen-bond donors (Lipinski definition) is 0. The summed E-state index contributed by atoms with van der Waals surface area (Å²) in [5.41, 5.74) is 2.44. The largest absolute Gasteiger partial charge is 0.497 e. The zero-order chi connectivity index (χ0) is 15.5. The molecule has 112 valence electrons. The van der Waals surface area contributed by atoms with Gasteiger partial charge in [-0.2, -0.15) is 0 Å². The van der Waals surface area contributed by atoms with E-state index in [1.165, 1.54) is 5.57 Å². The van der Waals surface area contributed by atoms with Crippen molar-refractivity contribution in [3.8, 4) is 5.75 Å². The number of nitrogens with zero attached hydrogens (tertiary/aromatic N) is 1. The van der Waals surface area contributed by atoms with E-state index in [0.717, 1.165) is 11.3 Å². The molecule has 0 amide bonds. The predicted molar refractivity (Wildman–Crippen MR) is 86.9 cm³/mol. The Labute approximate surface area is 127 Å². The van der Waals surface area contributed by atoms with Gasteiger partial charge < -0.3 is 9.47 Å². The van der Waals surface area contributed by atoms with E-state index in [1.54, 1.807) is 14.2 Å². The maximum atomic E-state index is 5.33. The summed E-state index contributed by atoms with van der Waals surface area (Å²) in [6, 6.07) is 7.96. The molecule has 1 aromatic rings. The van der Waals surface area contributed by atoms with Gasteiger partial charge in [-0.15, -0.1) is 0 Å². The molecule has 1 aliphatic heterocycles. The van der Waals surface area contributed by atoms with Crippen molar-refractivity contribution in [2.24, 2.45) is 10.4 Å². The van der Waals surface area contributed by atoms with Crippen LogP contribution >= 0.6 is 0 Å². The first-order valence-corrected chi connectivity index (χ1v) is 7.10. The molecule has 0 aromatic heterocycles. The number of hydrogen-bond acceptors (Lipinski definition) is 3. The van der Waals surface area contributed by atoms with Crippen LogP contribution in [0.15, 0.2) is 53.1 Å². The second kappa shape index (κ2) is 6.17. The highest BCUT2D eigenvalue weighted by Crippen LogP contribution is 2.33. The van der Waals surface area contributed by atoms with Crippen molar-refractivity contribution in [2.45, 2.75) is 26.8 Å². The Kier molecular flexibility index (Phi) is 4.51. The lowest BCUT2D eigenvalue weighted by Gasteiger charge is -2.21. The topological polar surface area (TPSA) is 30.8 Å². The molecule has 0 fully saturated rings. The summed E-state index contributed by atoms with van der Waals surface area (Å²) in [5, 5.41) is 0. The highest BCUT2D eigenvalue weighted by atomic mass is 16.5. The summed E-state index contributed by atoms with van der Waals surface area (Å²) in [7, 11) is 3.32. The summed E-state index contributed by atoms with van der Waals surface area (Å²) in [4.78, 5) is 4.67. The van der Waals surface area contributed by atoms with E-state index >= 15 is 0 Å². The Bertz CT molecular complexity index is 574. The second-order valence-corrected chi connectivity index (χ2v) is 6.09. The summed E-state index contributed by atoms with van der Waals surface area (Å²) < 4.78 is 10.5. The van der Waals surface area contributed by atoms with Gasteiger partial charge in [0.1, 0.15) is 5.75 Å². The summed E-state index contributed by atoms with van der Waals surface area (Å²) in [6.45, 7) is 6.60. The average Bonchev–Trinajstić information content (AvgIpc) is 2.69. The number of aliphatic imine (C=N–C) groups is 1. The van der Waals surface area contributed by atoms with Crippen LogP contribution in [0.25, 0.3) is 0 Å². The second-order valence-electron chi connectivity index (χ2n) is 6.09. The van der Waals surface area contributed by atoms with Crippen LogP contribution in [0.5, 0.6) is 5.75 Å². The van der Waals surface area contributed by atoms with Crippen LogP contribution in [0.1, 0.15) is 32.4 Å². The Hall–Kier alpha value is -2.03. The molecule has 0 N–H and O–H groups in total. The Morgan fingerprint density at radius 2 is 1.62 bits per heavy atom. The van der Waals surface area contributed by atoms with Gasteiger partial charge >= 0.3 is 0 Å². The summed E-state index contributed by atoms with van der Waals surface area (Å²) >= 11 is 0. The van der Waals surface area contributed by atoms with E-state index in [0.29, 0.717) is 5.90 Å². The molecule has 3 nitrogen and oxygen atoms in total. The maximum absolute atomic E-state index is 5.33. The molecule has 0 saturated heterocycles. The van der Waals surface area contributed by atoms with Gasteiger partial charge in [0.25, 0.3) is 0 Å². The van der Waals surface area contributed by atoms with Crippen LogP contribution in [0.3, 0.4) is 0 Å². The van der Waals surface area contributed by atoms with Gasteiger partial charge in [0.05, 0.1) is 20.3 Å². The molecule has 1 aliphatic rings. The average molecular weight is 285 g/mol. The number of rotatable bonds is 2. The number of benzene rings is 1. The lowest BCUT2D eigenvalue weighted by atomic mass is 9.84. The van der Waals surface area contributed by atoms with E-state index in [-0.39, 0.29) is 11.5 Å². The molecule has 1 unspecified atom stereocenters. The molecule has 0 saturated carbocycles. The molecular formula is C18H23NO2. The van der Waals surface area contributed by atoms with Crippen LogP contribution in [-0.2, 0) is 4.74 Å². The third kappa shape index (κ3) is 3.75. The van der Waals surface area contributed by atoms with Gasteiger partial charge in [0.2, 0.25) is 5.90 Å². The molecule has 1 heterocycles. The fourth-order valence-electron chi connectivity index (χ4n) is 2.20. The first kappa shape index (κ1) is 15.4. The van der Waals surface area contributed by atoms with Crippen molar-refractivity contribution in [3.63, 3.8) is 0 Å². The van der Waals surface area contributed by atoms with Crippen molar-refractivity contribution in [1.82, 2.24) is 0 Å².